The van der Waals surface area contributed by atoms with Crippen LogP contribution in [0.2, 0.25) is 5.02 Å². The van der Waals surface area contributed by atoms with Gasteiger partial charge in [0.05, 0.1) is 5.02 Å². The van der Waals surface area contributed by atoms with Crippen molar-refractivity contribution in [3.8, 4) is 0 Å². The minimum absolute atomic E-state index is 0.0286. The molecule has 104 valence electrons. The first-order chi connectivity index (χ1) is 8.87. The minimum atomic E-state index is -0.0286. The number of carbonyl (C=O) groups is 1. The van der Waals surface area contributed by atoms with Crippen molar-refractivity contribution in [2.75, 3.05) is 0 Å². The topological polar surface area (TPSA) is 29.1 Å². The molecule has 1 aromatic carbocycles. The van der Waals surface area contributed by atoms with Crippen molar-refractivity contribution < 1.29 is 4.79 Å². The highest BCUT2D eigenvalue weighted by atomic mass is 79.9. The van der Waals surface area contributed by atoms with Crippen LogP contribution in [0.5, 0.6) is 0 Å². The molecule has 0 spiro atoms. The molecule has 19 heavy (non-hydrogen) atoms. The molecule has 4 heteroatoms. The van der Waals surface area contributed by atoms with Crippen molar-refractivity contribution in [1.29, 1.82) is 0 Å². The monoisotopic (exact) mass is 343 g/mol. The molecule has 1 fully saturated rings. The summed E-state index contributed by atoms with van der Waals surface area (Å²) in [4.78, 5) is 12.2. The number of nitrogens with one attached hydrogen (secondary N) is 1. The molecule has 0 heterocycles. The molecule has 1 aromatic rings. The second-order valence-electron chi connectivity index (χ2n) is 6.04. The quantitative estimate of drug-likeness (QED) is 0.820. The number of halogens is 2. The van der Waals surface area contributed by atoms with Crippen LogP contribution in [0.3, 0.4) is 0 Å². The molecular formula is C15H19BrClNO. The smallest absolute Gasteiger partial charge is 0.251 e. The molecule has 0 unspecified atom stereocenters. The van der Waals surface area contributed by atoms with Crippen molar-refractivity contribution in [3.63, 3.8) is 0 Å². The van der Waals surface area contributed by atoms with Crippen LogP contribution in [-0.2, 0) is 0 Å². The second kappa shape index (κ2) is 5.84. The molecule has 2 nitrogen and oxygen atoms in total. The number of hydrogen-bond donors (Lipinski definition) is 1. The summed E-state index contributed by atoms with van der Waals surface area (Å²) in [5, 5.41) is 3.67. The first kappa shape index (κ1) is 14.9. The van der Waals surface area contributed by atoms with Gasteiger partial charge in [-0.05, 0) is 65.2 Å². The Hall–Kier alpha value is -0.540. The zero-order chi connectivity index (χ0) is 14.0. The van der Waals surface area contributed by atoms with E-state index in [9.17, 15) is 4.79 Å². The molecule has 0 saturated heterocycles. The van der Waals surface area contributed by atoms with Crippen LogP contribution >= 0.6 is 27.5 Å². The van der Waals surface area contributed by atoms with Gasteiger partial charge in [0.2, 0.25) is 0 Å². The largest absolute Gasteiger partial charge is 0.349 e. The van der Waals surface area contributed by atoms with E-state index in [1.54, 1.807) is 18.2 Å². The summed E-state index contributed by atoms with van der Waals surface area (Å²) in [6.45, 7) is 4.58. The third-order valence-corrected chi connectivity index (χ3v) is 5.09. The molecular weight excluding hydrogens is 326 g/mol. The number of benzene rings is 1. The Morgan fingerprint density at radius 3 is 2.58 bits per heavy atom. The van der Waals surface area contributed by atoms with Crippen molar-refractivity contribution in [3.05, 3.63) is 33.3 Å². The van der Waals surface area contributed by atoms with E-state index >= 15 is 0 Å². The lowest BCUT2D eigenvalue weighted by atomic mass is 9.75. The van der Waals surface area contributed by atoms with E-state index in [-0.39, 0.29) is 5.91 Å². The molecule has 0 radical (unpaired) electrons. The first-order valence-electron chi connectivity index (χ1n) is 6.63. The molecule has 0 aliphatic heterocycles. The van der Waals surface area contributed by atoms with Crippen LogP contribution in [0.15, 0.2) is 22.7 Å². The van der Waals surface area contributed by atoms with Crippen LogP contribution in [0.4, 0.5) is 0 Å². The summed E-state index contributed by atoms with van der Waals surface area (Å²) in [5.41, 5.74) is 1.04. The molecule has 0 atom stereocenters. The predicted octanol–water partition coefficient (Wildman–Crippen LogP) is 4.80. The van der Waals surface area contributed by atoms with Gasteiger partial charge in [0.25, 0.3) is 5.91 Å². The molecule has 1 aliphatic carbocycles. The van der Waals surface area contributed by atoms with E-state index < -0.39 is 0 Å². The highest BCUT2D eigenvalue weighted by Crippen LogP contribution is 2.35. The Kier molecular flexibility index (Phi) is 4.57. The summed E-state index contributed by atoms with van der Waals surface area (Å²) in [6.07, 6.45) is 4.45. The lowest BCUT2D eigenvalue weighted by Crippen LogP contribution is -2.39. The maximum Gasteiger partial charge on any atom is 0.251 e. The molecule has 0 aromatic heterocycles. The maximum absolute atomic E-state index is 12.2. The molecule has 2 rings (SSSR count). The van der Waals surface area contributed by atoms with Crippen LogP contribution in [-0.4, -0.2) is 11.9 Å². The molecule has 1 amide bonds. The zero-order valence-corrected chi connectivity index (χ0v) is 13.6. The molecule has 1 saturated carbocycles. The predicted molar refractivity (Wildman–Crippen MR) is 82.7 cm³/mol. The van der Waals surface area contributed by atoms with E-state index in [1.165, 1.54) is 12.8 Å². The molecule has 1 N–H and O–H groups in total. The van der Waals surface area contributed by atoms with Crippen LogP contribution in [0.1, 0.15) is 49.9 Å². The summed E-state index contributed by atoms with van der Waals surface area (Å²) >= 11 is 9.34. The van der Waals surface area contributed by atoms with Gasteiger partial charge in [-0.2, -0.15) is 0 Å². The Morgan fingerprint density at radius 1 is 1.37 bits per heavy atom. The van der Waals surface area contributed by atoms with Crippen LogP contribution < -0.4 is 5.32 Å². The summed E-state index contributed by atoms with van der Waals surface area (Å²) in [7, 11) is 0. The average molecular weight is 345 g/mol. The SMILES string of the molecule is CC1(C)CCC(NC(=O)c2ccc(Br)c(Cl)c2)CC1. The second-order valence-corrected chi connectivity index (χ2v) is 7.30. The van der Waals surface area contributed by atoms with Crippen molar-refractivity contribution >= 4 is 33.4 Å². The van der Waals surface area contributed by atoms with Crippen LogP contribution in [0.25, 0.3) is 0 Å². The van der Waals surface area contributed by atoms with Gasteiger partial charge in [-0.25, -0.2) is 0 Å². The highest BCUT2D eigenvalue weighted by Gasteiger charge is 2.27. The fourth-order valence-electron chi connectivity index (χ4n) is 2.45. The maximum atomic E-state index is 12.2. The zero-order valence-electron chi connectivity index (χ0n) is 11.3. The van der Waals surface area contributed by atoms with E-state index in [2.05, 4.69) is 35.1 Å². The molecule has 0 bridgehead atoms. The Labute approximate surface area is 128 Å². The van der Waals surface area contributed by atoms with Gasteiger partial charge in [0.1, 0.15) is 0 Å². The standard InChI is InChI=1S/C15H19BrClNO/c1-15(2)7-5-11(6-8-15)18-14(19)10-3-4-12(16)13(17)9-10/h3-4,9,11H,5-8H2,1-2H3,(H,18,19). The van der Waals surface area contributed by atoms with Crippen LogP contribution in [0, 0.1) is 5.41 Å². The number of rotatable bonds is 2. The number of hydrogen-bond acceptors (Lipinski definition) is 1. The van der Waals surface area contributed by atoms with Gasteiger partial charge in [0, 0.05) is 16.1 Å². The fraction of sp³-hybridized carbons (Fsp3) is 0.533. The lowest BCUT2D eigenvalue weighted by molar-refractivity contribution is 0.0909. The van der Waals surface area contributed by atoms with Gasteiger partial charge in [-0.15, -0.1) is 0 Å². The summed E-state index contributed by atoms with van der Waals surface area (Å²) < 4.78 is 0.810. The highest BCUT2D eigenvalue weighted by molar-refractivity contribution is 9.10. The Bertz CT molecular complexity index is 477. The van der Waals surface area contributed by atoms with E-state index in [4.69, 9.17) is 11.6 Å². The average Bonchev–Trinajstić information content (AvgIpc) is 2.35. The Morgan fingerprint density at radius 2 is 2.00 bits per heavy atom. The minimum Gasteiger partial charge on any atom is -0.349 e. The normalized spacial score (nSPS) is 19.2. The van der Waals surface area contributed by atoms with Crippen molar-refractivity contribution in [2.24, 2.45) is 5.41 Å². The third kappa shape index (κ3) is 3.96. The first-order valence-corrected chi connectivity index (χ1v) is 7.80. The van der Waals surface area contributed by atoms with E-state index in [0.29, 0.717) is 22.0 Å². The van der Waals surface area contributed by atoms with Gasteiger partial charge >= 0.3 is 0 Å². The van der Waals surface area contributed by atoms with Crippen molar-refractivity contribution in [2.45, 2.75) is 45.6 Å². The fourth-order valence-corrected chi connectivity index (χ4v) is 2.88. The summed E-state index contributed by atoms with van der Waals surface area (Å²) in [5.74, 6) is -0.0286. The van der Waals surface area contributed by atoms with Gasteiger partial charge in [0.15, 0.2) is 0 Å². The van der Waals surface area contributed by atoms with Gasteiger partial charge < -0.3 is 5.32 Å². The van der Waals surface area contributed by atoms with Crippen molar-refractivity contribution in [1.82, 2.24) is 5.32 Å². The lowest BCUT2D eigenvalue weighted by Gasteiger charge is -2.34. The summed E-state index contributed by atoms with van der Waals surface area (Å²) in [6, 6.07) is 5.59. The number of amides is 1. The number of carbonyl (C=O) groups excluding carboxylic acids is 1. The Balaban J connectivity index is 1.96. The van der Waals surface area contributed by atoms with E-state index in [1.807, 2.05) is 0 Å². The van der Waals surface area contributed by atoms with E-state index in [0.717, 1.165) is 17.3 Å². The third-order valence-electron chi connectivity index (χ3n) is 3.86. The van der Waals surface area contributed by atoms with Gasteiger partial charge in [-0.3, -0.25) is 4.79 Å². The van der Waals surface area contributed by atoms with Gasteiger partial charge in [-0.1, -0.05) is 25.4 Å². The molecule has 1 aliphatic rings.